The Bertz CT molecular complexity index is 249. The van der Waals surface area contributed by atoms with Crippen LogP contribution in [-0.2, 0) is 0 Å². The van der Waals surface area contributed by atoms with Gasteiger partial charge < -0.3 is 0 Å². The van der Waals surface area contributed by atoms with Crippen molar-refractivity contribution in [2.24, 2.45) is 17.8 Å². The second kappa shape index (κ2) is 13.4. The molecule has 0 amide bonds. The summed E-state index contributed by atoms with van der Waals surface area (Å²) < 4.78 is 0. The van der Waals surface area contributed by atoms with E-state index in [1.807, 2.05) is 0 Å². The Morgan fingerprint density at radius 3 is 1.71 bits per heavy atom. The van der Waals surface area contributed by atoms with Crippen LogP contribution in [0.4, 0.5) is 0 Å². The van der Waals surface area contributed by atoms with Gasteiger partial charge in [-0.25, -0.2) is 0 Å². The highest BCUT2D eigenvalue weighted by atomic mass is 14.1. The molecular formula is C21H42. The minimum atomic E-state index is 0.877. The summed E-state index contributed by atoms with van der Waals surface area (Å²) in [6.45, 7) is 14.1. The van der Waals surface area contributed by atoms with Crippen LogP contribution in [0.5, 0.6) is 0 Å². The fraction of sp³-hybridized carbons (Fsp3) is 0.905. The summed E-state index contributed by atoms with van der Waals surface area (Å²) in [7, 11) is 0. The molecule has 0 heterocycles. The molecular weight excluding hydrogens is 252 g/mol. The van der Waals surface area contributed by atoms with Crippen molar-refractivity contribution < 1.29 is 0 Å². The van der Waals surface area contributed by atoms with Crippen molar-refractivity contribution in [1.82, 2.24) is 0 Å². The first-order valence-corrected chi connectivity index (χ1v) is 9.61. The maximum absolute atomic E-state index is 2.45. The van der Waals surface area contributed by atoms with Crippen LogP contribution >= 0.6 is 0 Å². The van der Waals surface area contributed by atoms with E-state index in [-0.39, 0.29) is 0 Å². The summed E-state index contributed by atoms with van der Waals surface area (Å²) in [6.07, 6.45) is 16.3. The lowest BCUT2D eigenvalue weighted by molar-refractivity contribution is 0.389. The zero-order valence-corrected chi connectivity index (χ0v) is 15.9. The van der Waals surface area contributed by atoms with Crippen molar-refractivity contribution in [3.63, 3.8) is 0 Å². The van der Waals surface area contributed by atoms with E-state index in [9.17, 15) is 0 Å². The van der Waals surface area contributed by atoms with Gasteiger partial charge in [-0.15, -0.1) is 0 Å². The smallest absolute Gasteiger partial charge is 0.0323 e. The minimum absolute atomic E-state index is 0.877. The molecule has 126 valence electrons. The van der Waals surface area contributed by atoms with Crippen molar-refractivity contribution in [2.75, 3.05) is 0 Å². The highest BCUT2D eigenvalue weighted by molar-refractivity contribution is 4.96. The first-order valence-electron chi connectivity index (χ1n) is 9.61. The summed E-state index contributed by atoms with van der Waals surface area (Å²) in [5, 5.41) is 0. The number of rotatable bonds is 13. The second-order valence-electron chi connectivity index (χ2n) is 7.82. The van der Waals surface area contributed by atoms with Gasteiger partial charge in [0.1, 0.15) is 0 Å². The van der Waals surface area contributed by atoms with Gasteiger partial charge in [-0.3, -0.25) is 0 Å². The molecule has 0 aliphatic heterocycles. The van der Waals surface area contributed by atoms with Gasteiger partial charge >= 0.3 is 0 Å². The number of allylic oxidation sites excluding steroid dienone is 2. The van der Waals surface area contributed by atoms with Crippen LogP contribution in [0.15, 0.2) is 11.6 Å². The summed E-state index contributed by atoms with van der Waals surface area (Å²) >= 11 is 0. The zero-order chi connectivity index (χ0) is 16.1. The quantitative estimate of drug-likeness (QED) is 0.304. The van der Waals surface area contributed by atoms with E-state index in [0.29, 0.717) is 0 Å². The first kappa shape index (κ1) is 20.7. The van der Waals surface area contributed by atoms with E-state index in [2.05, 4.69) is 47.6 Å². The molecule has 0 heteroatoms. The summed E-state index contributed by atoms with van der Waals surface area (Å²) in [5.41, 5.74) is 1.59. The molecule has 0 saturated heterocycles. The molecule has 0 radical (unpaired) electrons. The van der Waals surface area contributed by atoms with Gasteiger partial charge in [0.25, 0.3) is 0 Å². The Balaban J connectivity index is 3.52. The second-order valence-corrected chi connectivity index (χ2v) is 7.82. The molecule has 2 atom stereocenters. The summed E-state index contributed by atoms with van der Waals surface area (Å²) in [6, 6.07) is 0. The van der Waals surface area contributed by atoms with Gasteiger partial charge in [0.2, 0.25) is 0 Å². The first-order chi connectivity index (χ1) is 9.95. The van der Waals surface area contributed by atoms with Crippen LogP contribution in [0.3, 0.4) is 0 Å². The largest absolute Gasteiger partial charge is 0.0859 e. The molecule has 2 unspecified atom stereocenters. The molecule has 0 aliphatic rings. The Kier molecular flexibility index (Phi) is 13.2. The van der Waals surface area contributed by atoms with E-state index in [0.717, 1.165) is 17.8 Å². The molecule has 0 rings (SSSR count). The fourth-order valence-corrected chi connectivity index (χ4v) is 3.16. The van der Waals surface area contributed by atoms with Gasteiger partial charge in [-0.1, -0.05) is 91.2 Å². The van der Waals surface area contributed by atoms with Crippen molar-refractivity contribution in [1.29, 1.82) is 0 Å². The monoisotopic (exact) mass is 294 g/mol. The maximum Gasteiger partial charge on any atom is -0.0323 e. The molecule has 0 spiro atoms. The SMILES string of the molecule is CC/C=C(\C)CCCC(C)CCCC(C)CCCC(C)C. The molecule has 0 saturated carbocycles. The molecule has 0 aromatic heterocycles. The highest BCUT2D eigenvalue weighted by Crippen LogP contribution is 2.22. The topological polar surface area (TPSA) is 0 Å². The lowest BCUT2D eigenvalue weighted by Gasteiger charge is -2.15. The lowest BCUT2D eigenvalue weighted by atomic mass is 9.91. The molecule has 0 aromatic carbocycles. The van der Waals surface area contributed by atoms with Crippen LogP contribution in [0.25, 0.3) is 0 Å². The van der Waals surface area contributed by atoms with E-state index in [1.165, 1.54) is 64.2 Å². The zero-order valence-electron chi connectivity index (χ0n) is 15.9. The van der Waals surface area contributed by atoms with Gasteiger partial charge in [-0.2, -0.15) is 0 Å². The van der Waals surface area contributed by atoms with E-state index in [1.54, 1.807) is 5.57 Å². The number of hydrogen-bond donors (Lipinski definition) is 0. The average Bonchev–Trinajstić information content (AvgIpc) is 2.38. The molecule has 0 nitrogen and oxygen atoms in total. The van der Waals surface area contributed by atoms with Crippen LogP contribution < -0.4 is 0 Å². The normalized spacial score (nSPS) is 15.5. The van der Waals surface area contributed by atoms with Gasteiger partial charge in [0.15, 0.2) is 0 Å². The fourth-order valence-electron chi connectivity index (χ4n) is 3.16. The Hall–Kier alpha value is -0.260. The maximum atomic E-state index is 2.45. The van der Waals surface area contributed by atoms with Gasteiger partial charge in [-0.05, 0) is 43.9 Å². The van der Waals surface area contributed by atoms with Crippen molar-refractivity contribution in [3.8, 4) is 0 Å². The van der Waals surface area contributed by atoms with E-state index in [4.69, 9.17) is 0 Å². The molecule has 0 aromatic rings. The Morgan fingerprint density at radius 1 is 0.762 bits per heavy atom. The average molecular weight is 295 g/mol. The third kappa shape index (κ3) is 14.4. The number of hydrogen-bond acceptors (Lipinski definition) is 0. The Morgan fingerprint density at radius 2 is 1.24 bits per heavy atom. The van der Waals surface area contributed by atoms with Crippen LogP contribution in [-0.4, -0.2) is 0 Å². The molecule has 21 heavy (non-hydrogen) atoms. The van der Waals surface area contributed by atoms with Crippen LogP contribution in [0.1, 0.15) is 106 Å². The summed E-state index contributed by atoms with van der Waals surface area (Å²) in [4.78, 5) is 0. The van der Waals surface area contributed by atoms with Crippen LogP contribution in [0, 0.1) is 17.8 Å². The van der Waals surface area contributed by atoms with Crippen molar-refractivity contribution in [3.05, 3.63) is 11.6 Å². The predicted octanol–water partition coefficient (Wildman–Crippen LogP) is 7.78. The van der Waals surface area contributed by atoms with E-state index < -0.39 is 0 Å². The van der Waals surface area contributed by atoms with Crippen molar-refractivity contribution >= 4 is 0 Å². The molecule has 0 aliphatic carbocycles. The molecule has 0 fully saturated rings. The van der Waals surface area contributed by atoms with Crippen molar-refractivity contribution in [2.45, 2.75) is 106 Å². The summed E-state index contributed by atoms with van der Waals surface area (Å²) in [5.74, 6) is 2.73. The van der Waals surface area contributed by atoms with Crippen LogP contribution in [0.2, 0.25) is 0 Å². The third-order valence-corrected chi connectivity index (χ3v) is 4.69. The standard InChI is InChI=1S/C21H42/c1-7-11-19(4)14-9-15-21(6)17-10-16-20(5)13-8-12-18(2)3/h11,18,20-21H,7-10,12-17H2,1-6H3/b19-11+. The van der Waals surface area contributed by atoms with Gasteiger partial charge in [0.05, 0.1) is 0 Å². The van der Waals surface area contributed by atoms with E-state index >= 15 is 0 Å². The molecule has 0 bridgehead atoms. The Labute approximate surface area is 135 Å². The minimum Gasteiger partial charge on any atom is -0.0859 e. The highest BCUT2D eigenvalue weighted by Gasteiger charge is 2.06. The predicted molar refractivity (Wildman–Crippen MR) is 98.8 cm³/mol. The van der Waals surface area contributed by atoms with Gasteiger partial charge in [0, 0.05) is 0 Å². The third-order valence-electron chi connectivity index (χ3n) is 4.69. The molecule has 0 N–H and O–H groups in total. The lowest BCUT2D eigenvalue weighted by Crippen LogP contribution is -2.00.